The monoisotopic (exact) mass is 274 g/mol. The van der Waals surface area contributed by atoms with Gasteiger partial charge in [-0.3, -0.25) is 0 Å². The van der Waals surface area contributed by atoms with Gasteiger partial charge in [-0.1, -0.05) is 0 Å². The van der Waals surface area contributed by atoms with Gasteiger partial charge in [-0.25, -0.2) is 13.6 Å². The normalized spacial score (nSPS) is 10.5. The second-order valence-electron chi connectivity index (χ2n) is 3.69. The maximum atomic E-state index is 11.8. The molecular formula is C12H16F2N2O3. The van der Waals surface area contributed by atoms with Crippen LogP contribution in [0.2, 0.25) is 0 Å². The minimum absolute atomic E-state index is 0.106. The summed E-state index contributed by atoms with van der Waals surface area (Å²) < 4.78 is 33.0. The van der Waals surface area contributed by atoms with E-state index in [0.29, 0.717) is 17.9 Å². The molecule has 19 heavy (non-hydrogen) atoms. The number of carbonyl (C=O) groups is 1. The Balaban J connectivity index is 2.55. The highest BCUT2D eigenvalue weighted by Crippen LogP contribution is 2.19. The van der Waals surface area contributed by atoms with Crippen molar-refractivity contribution in [1.82, 2.24) is 0 Å². The Morgan fingerprint density at radius 2 is 2.21 bits per heavy atom. The quantitative estimate of drug-likeness (QED) is 0.450. The fourth-order valence-corrected chi connectivity index (χ4v) is 1.43. The molecule has 0 bridgehead atoms. The van der Waals surface area contributed by atoms with Gasteiger partial charge in [0.25, 0.3) is 6.43 Å². The number of methoxy groups -OCH3 is 1. The molecule has 0 saturated carbocycles. The average Bonchev–Trinajstić information content (AvgIpc) is 2.38. The standard InChI is InChI=1S/C12H16F2N2O3/c1-18-12(17)9-6-8(15)2-3-10(9)16-4-5-19-7-11(13)14/h2-3,6,11,16H,4-5,7,15H2,1H3. The second kappa shape index (κ2) is 7.52. The van der Waals surface area contributed by atoms with Crippen LogP contribution in [0.25, 0.3) is 0 Å². The Morgan fingerprint density at radius 3 is 2.84 bits per heavy atom. The first kappa shape index (κ1) is 15.2. The van der Waals surface area contributed by atoms with Gasteiger partial charge in [0.2, 0.25) is 0 Å². The van der Waals surface area contributed by atoms with Gasteiger partial charge in [0.15, 0.2) is 0 Å². The van der Waals surface area contributed by atoms with Crippen LogP contribution < -0.4 is 11.1 Å². The summed E-state index contributed by atoms with van der Waals surface area (Å²) in [7, 11) is 1.26. The van der Waals surface area contributed by atoms with Crippen molar-refractivity contribution in [1.29, 1.82) is 0 Å². The number of nitrogens with one attached hydrogen (secondary N) is 1. The van der Waals surface area contributed by atoms with Crippen molar-refractivity contribution < 1.29 is 23.0 Å². The zero-order chi connectivity index (χ0) is 14.3. The number of anilines is 2. The molecule has 0 atom stereocenters. The molecule has 106 valence electrons. The van der Waals surface area contributed by atoms with Gasteiger partial charge in [-0.15, -0.1) is 0 Å². The molecular weight excluding hydrogens is 258 g/mol. The van der Waals surface area contributed by atoms with Crippen LogP contribution in [0.5, 0.6) is 0 Å². The predicted octanol–water partition coefficient (Wildman–Crippen LogP) is 1.75. The first-order chi connectivity index (χ1) is 9.04. The van der Waals surface area contributed by atoms with Gasteiger partial charge in [0, 0.05) is 17.9 Å². The Hall–Kier alpha value is -1.89. The van der Waals surface area contributed by atoms with Crippen LogP contribution in [0.3, 0.4) is 0 Å². The van der Waals surface area contributed by atoms with E-state index in [2.05, 4.69) is 10.1 Å². The fraction of sp³-hybridized carbons (Fsp3) is 0.417. The van der Waals surface area contributed by atoms with E-state index in [4.69, 9.17) is 10.5 Å². The molecule has 0 aliphatic heterocycles. The summed E-state index contributed by atoms with van der Waals surface area (Å²) in [4.78, 5) is 11.5. The molecule has 0 aliphatic carbocycles. The number of esters is 1. The number of hydrogen-bond donors (Lipinski definition) is 2. The van der Waals surface area contributed by atoms with Crippen molar-refractivity contribution in [3.05, 3.63) is 23.8 Å². The highest BCUT2D eigenvalue weighted by molar-refractivity contribution is 5.96. The summed E-state index contributed by atoms with van der Waals surface area (Å²) in [6, 6.07) is 4.72. The maximum Gasteiger partial charge on any atom is 0.340 e. The Kier molecular flexibility index (Phi) is 6.01. The van der Waals surface area contributed by atoms with Crippen LogP contribution in [0.1, 0.15) is 10.4 Å². The number of carbonyl (C=O) groups excluding carboxylic acids is 1. The van der Waals surface area contributed by atoms with E-state index in [-0.39, 0.29) is 12.2 Å². The van der Waals surface area contributed by atoms with Crippen LogP contribution in [0, 0.1) is 0 Å². The smallest absolute Gasteiger partial charge is 0.340 e. The molecule has 5 nitrogen and oxygen atoms in total. The zero-order valence-corrected chi connectivity index (χ0v) is 10.5. The minimum Gasteiger partial charge on any atom is -0.465 e. The summed E-state index contributed by atoms with van der Waals surface area (Å²) in [5.41, 5.74) is 6.82. The van der Waals surface area contributed by atoms with Crippen molar-refractivity contribution in [2.24, 2.45) is 0 Å². The number of rotatable bonds is 7. The largest absolute Gasteiger partial charge is 0.465 e. The SMILES string of the molecule is COC(=O)c1cc(N)ccc1NCCOCC(F)F. The van der Waals surface area contributed by atoms with Crippen LogP contribution in [-0.4, -0.2) is 39.3 Å². The van der Waals surface area contributed by atoms with E-state index in [0.717, 1.165) is 0 Å². The molecule has 0 aliphatic rings. The molecule has 1 rings (SSSR count). The highest BCUT2D eigenvalue weighted by Gasteiger charge is 2.12. The summed E-state index contributed by atoms with van der Waals surface area (Å²) in [5.74, 6) is -0.525. The zero-order valence-electron chi connectivity index (χ0n) is 10.5. The lowest BCUT2D eigenvalue weighted by molar-refractivity contribution is 0.0215. The number of benzene rings is 1. The molecule has 7 heteroatoms. The van der Waals surface area contributed by atoms with E-state index in [1.807, 2.05) is 0 Å². The third-order valence-corrected chi connectivity index (χ3v) is 2.25. The van der Waals surface area contributed by atoms with Crippen molar-refractivity contribution in [3.8, 4) is 0 Å². The molecule has 0 spiro atoms. The van der Waals surface area contributed by atoms with E-state index >= 15 is 0 Å². The number of alkyl halides is 2. The summed E-state index contributed by atoms with van der Waals surface area (Å²) >= 11 is 0. The van der Waals surface area contributed by atoms with Gasteiger partial charge in [-0.05, 0) is 18.2 Å². The topological polar surface area (TPSA) is 73.6 Å². The fourth-order valence-electron chi connectivity index (χ4n) is 1.43. The first-order valence-corrected chi connectivity index (χ1v) is 5.62. The van der Waals surface area contributed by atoms with Crippen LogP contribution in [-0.2, 0) is 9.47 Å². The number of ether oxygens (including phenoxy) is 2. The van der Waals surface area contributed by atoms with Crippen LogP contribution in [0.4, 0.5) is 20.2 Å². The lowest BCUT2D eigenvalue weighted by atomic mass is 10.1. The molecule has 0 radical (unpaired) electrons. The molecule has 0 amide bonds. The Morgan fingerprint density at radius 1 is 1.47 bits per heavy atom. The van der Waals surface area contributed by atoms with Gasteiger partial charge in [0.05, 0.1) is 19.3 Å². The predicted molar refractivity (Wildman–Crippen MR) is 67.5 cm³/mol. The van der Waals surface area contributed by atoms with Crippen molar-refractivity contribution in [2.45, 2.75) is 6.43 Å². The average molecular weight is 274 g/mol. The number of hydrogen-bond acceptors (Lipinski definition) is 5. The van der Waals surface area contributed by atoms with E-state index in [9.17, 15) is 13.6 Å². The summed E-state index contributed by atoms with van der Waals surface area (Å²) in [5, 5.41) is 2.90. The maximum absolute atomic E-state index is 11.8. The molecule has 0 heterocycles. The lowest BCUT2D eigenvalue weighted by Gasteiger charge is -2.11. The van der Waals surface area contributed by atoms with E-state index < -0.39 is 19.0 Å². The third-order valence-electron chi connectivity index (χ3n) is 2.25. The third kappa shape index (κ3) is 5.09. The van der Waals surface area contributed by atoms with Gasteiger partial charge >= 0.3 is 5.97 Å². The minimum atomic E-state index is -2.48. The molecule has 0 saturated heterocycles. The molecule has 0 unspecified atom stereocenters. The van der Waals surface area contributed by atoms with Gasteiger partial charge in [-0.2, -0.15) is 0 Å². The molecule has 0 aromatic heterocycles. The lowest BCUT2D eigenvalue weighted by Crippen LogP contribution is -2.15. The van der Waals surface area contributed by atoms with Crippen molar-refractivity contribution in [3.63, 3.8) is 0 Å². The van der Waals surface area contributed by atoms with Crippen LogP contribution in [0.15, 0.2) is 18.2 Å². The first-order valence-electron chi connectivity index (χ1n) is 5.62. The highest BCUT2D eigenvalue weighted by atomic mass is 19.3. The van der Waals surface area contributed by atoms with Gasteiger partial charge in [0.1, 0.15) is 6.61 Å². The molecule has 1 aromatic carbocycles. The summed E-state index contributed by atoms with van der Waals surface area (Å²) in [6.07, 6.45) is -2.48. The number of nitrogen functional groups attached to an aromatic ring is 1. The van der Waals surface area contributed by atoms with E-state index in [1.165, 1.54) is 13.2 Å². The van der Waals surface area contributed by atoms with Crippen LogP contribution >= 0.6 is 0 Å². The molecule has 3 N–H and O–H groups in total. The number of halogens is 2. The Labute approximate surface area is 109 Å². The van der Waals surface area contributed by atoms with E-state index in [1.54, 1.807) is 12.1 Å². The van der Waals surface area contributed by atoms with Crippen molar-refractivity contribution in [2.75, 3.05) is 37.9 Å². The van der Waals surface area contributed by atoms with Crippen molar-refractivity contribution >= 4 is 17.3 Å². The second-order valence-corrected chi connectivity index (χ2v) is 3.69. The van der Waals surface area contributed by atoms with Gasteiger partial charge < -0.3 is 20.5 Å². The Bertz CT molecular complexity index is 427. The summed E-state index contributed by atoms with van der Waals surface area (Å²) in [6.45, 7) is -0.205. The molecule has 1 aromatic rings. The molecule has 0 fully saturated rings. The number of nitrogens with two attached hydrogens (primary N) is 1.